The minimum Gasteiger partial charge on any atom is -0.406 e. The lowest BCUT2D eigenvalue weighted by molar-refractivity contribution is -0.274. The number of benzene rings is 1. The van der Waals surface area contributed by atoms with Crippen molar-refractivity contribution >= 4 is 11.8 Å². The van der Waals surface area contributed by atoms with Gasteiger partial charge in [-0.3, -0.25) is 9.59 Å². The molecule has 1 fully saturated rings. The van der Waals surface area contributed by atoms with E-state index >= 15 is 0 Å². The Bertz CT molecular complexity index is 587. The van der Waals surface area contributed by atoms with E-state index in [0.29, 0.717) is 12.8 Å². The molecule has 5 nitrogen and oxygen atoms in total. The summed E-state index contributed by atoms with van der Waals surface area (Å²) in [6, 6.07) is 4.64. The normalized spacial score (nSPS) is 21.8. The average Bonchev–Trinajstić information content (AvgIpc) is 2.46. The fraction of sp³-hybridized carbons (Fsp3) is 0.467. The molecule has 8 heteroatoms. The van der Waals surface area contributed by atoms with Crippen LogP contribution in [-0.4, -0.2) is 35.7 Å². The van der Waals surface area contributed by atoms with E-state index in [9.17, 15) is 22.8 Å². The van der Waals surface area contributed by atoms with Gasteiger partial charge in [0.05, 0.1) is 5.92 Å². The molecule has 2 amide bonds. The number of primary amides is 1. The molecule has 1 heterocycles. The van der Waals surface area contributed by atoms with Gasteiger partial charge in [0.15, 0.2) is 0 Å². The van der Waals surface area contributed by atoms with Crippen molar-refractivity contribution in [3.8, 4) is 5.75 Å². The van der Waals surface area contributed by atoms with Crippen molar-refractivity contribution in [2.45, 2.75) is 32.2 Å². The van der Waals surface area contributed by atoms with Crippen molar-refractivity contribution < 1.29 is 27.5 Å². The Morgan fingerprint density at radius 2 is 1.83 bits per heavy atom. The lowest BCUT2D eigenvalue weighted by Crippen LogP contribution is -2.48. The van der Waals surface area contributed by atoms with Crippen molar-refractivity contribution in [3.05, 3.63) is 29.8 Å². The first kappa shape index (κ1) is 17.1. The summed E-state index contributed by atoms with van der Waals surface area (Å²) < 4.78 is 40.1. The molecule has 2 atom stereocenters. The van der Waals surface area contributed by atoms with Crippen LogP contribution < -0.4 is 10.5 Å². The van der Waals surface area contributed by atoms with Crippen LogP contribution in [0, 0.1) is 5.92 Å². The second-order valence-electron chi connectivity index (χ2n) is 5.56. The Labute approximate surface area is 131 Å². The predicted octanol–water partition coefficient (Wildman–Crippen LogP) is 2.31. The third-order valence-corrected chi connectivity index (χ3v) is 3.88. The highest BCUT2D eigenvalue weighted by atomic mass is 19.4. The number of hydrogen-bond acceptors (Lipinski definition) is 3. The van der Waals surface area contributed by atoms with Gasteiger partial charge in [-0.25, -0.2) is 0 Å². The Kier molecular flexibility index (Phi) is 4.82. The standard InChI is InChI=1S/C15H17F3N2O3/c1-9-2-3-11(13(19)21)8-20(9)14(22)10-4-6-12(7-5-10)23-15(16,17)18/h4-7,9,11H,2-3,8H2,1H3,(H2,19,21)/t9-,11-/m1/s1. The van der Waals surface area contributed by atoms with Crippen LogP contribution in [0.15, 0.2) is 24.3 Å². The van der Waals surface area contributed by atoms with Gasteiger partial charge >= 0.3 is 6.36 Å². The van der Waals surface area contributed by atoms with Crippen LogP contribution in [0.5, 0.6) is 5.75 Å². The zero-order valence-corrected chi connectivity index (χ0v) is 12.5. The SMILES string of the molecule is C[C@@H]1CC[C@@H](C(N)=O)CN1C(=O)c1ccc(OC(F)(F)F)cc1. The maximum absolute atomic E-state index is 12.5. The molecule has 0 aliphatic carbocycles. The lowest BCUT2D eigenvalue weighted by atomic mass is 9.92. The third-order valence-electron chi connectivity index (χ3n) is 3.88. The maximum atomic E-state index is 12.5. The van der Waals surface area contributed by atoms with Crippen LogP contribution in [0.2, 0.25) is 0 Å². The van der Waals surface area contributed by atoms with E-state index in [1.165, 1.54) is 17.0 Å². The Hall–Kier alpha value is -2.25. The van der Waals surface area contributed by atoms with E-state index in [1.54, 1.807) is 0 Å². The summed E-state index contributed by atoms with van der Waals surface area (Å²) in [4.78, 5) is 25.3. The number of nitrogens with two attached hydrogens (primary N) is 1. The van der Waals surface area contributed by atoms with Crippen LogP contribution >= 0.6 is 0 Å². The van der Waals surface area contributed by atoms with Crippen molar-refractivity contribution in [2.75, 3.05) is 6.54 Å². The molecule has 0 spiro atoms. The van der Waals surface area contributed by atoms with Crippen molar-refractivity contribution in [1.82, 2.24) is 4.90 Å². The second kappa shape index (κ2) is 6.47. The minimum absolute atomic E-state index is 0.0656. The average molecular weight is 330 g/mol. The first-order valence-corrected chi connectivity index (χ1v) is 7.13. The fourth-order valence-electron chi connectivity index (χ4n) is 2.59. The molecule has 2 N–H and O–H groups in total. The van der Waals surface area contributed by atoms with Gasteiger partial charge in [-0.1, -0.05) is 0 Å². The van der Waals surface area contributed by atoms with Gasteiger partial charge < -0.3 is 15.4 Å². The number of alkyl halides is 3. The summed E-state index contributed by atoms with van der Waals surface area (Å²) >= 11 is 0. The molecule has 0 bridgehead atoms. The number of ether oxygens (including phenoxy) is 1. The van der Waals surface area contributed by atoms with Gasteiger partial charge in [-0.15, -0.1) is 13.2 Å². The van der Waals surface area contributed by atoms with Gasteiger partial charge in [-0.05, 0) is 44.0 Å². The van der Waals surface area contributed by atoms with Crippen LogP contribution in [0.3, 0.4) is 0 Å². The van der Waals surface area contributed by atoms with E-state index in [-0.39, 0.29) is 24.1 Å². The van der Waals surface area contributed by atoms with Crippen LogP contribution in [-0.2, 0) is 4.79 Å². The number of halogens is 3. The maximum Gasteiger partial charge on any atom is 0.573 e. The van der Waals surface area contributed by atoms with E-state index in [1.807, 2.05) is 6.92 Å². The number of carbonyl (C=O) groups is 2. The number of nitrogens with zero attached hydrogens (tertiary/aromatic N) is 1. The van der Waals surface area contributed by atoms with E-state index < -0.39 is 23.9 Å². The number of piperidine rings is 1. The first-order valence-electron chi connectivity index (χ1n) is 7.13. The zero-order chi connectivity index (χ0) is 17.2. The topological polar surface area (TPSA) is 72.6 Å². The van der Waals surface area contributed by atoms with E-state index in [0.717, 1.165) is 12.1 Å². The highest BCUT2D eigenvalue weighted by Crippen LogP contribution is 2.26. The lowest BCUT2D eigenvalue weighted by Gasteiger charge is -2.37. The molecule has 1 aliphatic rings. The molecular weight excluding hydrogens is 313 g/mol. The van der Waals surface area contributed by atoms with E-state index in [2.05, 4.69) is 4.74 Å². The molecule has 1 aromatic carbocycles. The number of likely N-dealkylation sites (tertiary alicyclic amines) is 1. The zero-order valence-electron chi connectivity index (χ0n) is 12.5. The highest BCUT2D eigenvalue weighted by Gasteiger charge is 2.33. The molecule has 1 aromatic rings. The molecule has 0 unspecified atom stereocenters. The largest absolute Gasteiger partial charge is 0.573 e. The molecule has 0 aromatic heterocycles. The summed E-state index contributed by atoms with van der Waals surface area (Å²) in [5.41, 5.74) is 5.53. The predicted molar refractivity (Wildman–Crippen MR) is 75.5 cm³/mol. The van der Waals surface area contributed by atoms with Crippen molar-refractivity contribution in [3.63, 3.8) is 0 Å². The van der Waals surface area contributed by atoms with Gasteiger partial charge in [0.2, 0.25) is 5.91 Å². The molecule has 126 valence electrons. The number of hydrogen-bond donors (Lipinski definition) is 1. The Morgan fingerprint density at radius 1 is 1.22 bits per heavy atom. The molecule has 1 aliphatic heterocycles. The Balaban J connectivity index is 2.11. The summed E-state index contributed by atoms with van der Waals surface area (Å²) in [5, 5.41) is 0. The summed E-state index contributed by atoms with van der Waals surface area (Å²) in [6.07, 6.45) is -3.51. The molecule has 0 saturated carbocycles. The van der Waals surface area contributed by atoms with Gasteiger partial charge in [0.1, 0.15) is 5.75 Å². The highest BCUT2D eigenvalue weighted by molar-refractivity contribution is 5.95. The third kappa shape index (κ3) is 4.37. The van der Waals surface area contributed by atoms with Crippen LogP contribution in [0.25, 0.3) is 0 Å². The Morgan fingerprint density at radius 3 is 2.35 bits per heavy atom. The van der Waals surface area contributed by atoms with Crippen molar-refractivity contribution in [2.24, 2.45) is 11.7 Å². The second-order valence-corrected chi connectivity index (χ2v) is 5.56. The number of amides is 2. The molecule has 2 rings (SSSR count). The van der Waals surface area contributed by atoms with Gasteiger partial charge in [0.25, 0.3) is 5.91 Å². The molecule has 23 heavy (non-hydrogen) atoms. The van der Waals surface area contributed by atoms with Crippen molar-refractivity contribution in [1.29, 1.82) is 0 Å². The minimum atomic E-state index is -4.78. The summed E-state index contributed by atoms with van der Waals surface area (Å²) in [6.45, 7) is 2.08. The fourth-order valence-corrected chi connectivity index (χ4v) is 2.59. The summed E-state index contributed by atoms with van der Waals surface area (Å²) in [5.74, 6) is -1.59. The van der Waals surface area contributed by atoms with E-state index in [4.69, 9.17) is 5.73 Å². The first-order chi connectivity index (χ1) is 10.7. The van der Waals surface area contributed by atoms with Gasteiger partial charge in [-0.2, -0.15) is 0 Å². The monoisotopic (exact) mass is 330 g/mol. The number of rotatable bonds is 3. The van der Waals surface area contributed by atoms with Crippen LogP contribution in [0.1, 0.15) is 30.1 Å². The summed E-state index contributed by atoms with van der Waals surface area (Å²) in [7, 11) is 0. The molecular formula is C15H17F3N2O3. The molecule has 0 radical (unpaired) electrons. The van der Waals surface area contributed by atoms with Gasteiger partial charge in [0, 0.05) is 18.2 Å². The smallest absolute Gasteiger partial charge is 0.406 e. The quantitative estimate of drug-likeness (QED) is 0.924. The number of carbonyl (C=O) groups excluding carboxylic acids is 2. The van der Waals surface area contributed by atoms with Crippen LogP contribution in [0.4, 0.5) is 13.2 Å². The molecule has 1 saturated heterocycles.